The first-order valence-electron chi connectivity index (χ1n) is 8.20. The molecule has 3 heterocycles. The quantitative estimate of drug-likeness (QED) is 0.899. The second kappa shape index (κ2) is 6.93. The summed E-state index contributed by atoms with van der Waals surface area (Å²) in [5.74, 6) is 0.00555. The molecule has 7 nitrogen and oxygen atoms in total. The molecule has 0 saturated carbocycles. The smallest absolute Gasteiger partial charge is 0.367 e. The largest absolute Gasteiger partial charge is 0.433 e. The van der Waals surface area contributed by atoms with Crippen molar-refractivity contribution in [2.45, 2.75) is 32.0 Å². The number of halogens is 3. The van der Waals surface area contributed by atoms with Crippen LogP contribution in [0, 0.1) is 6.92 Å². The highest BCUT2D eigenvalue weighted by molar-refractivity contribution is 5.92. The second-order valence-corrected chi connectivity index (χ2v) is 6.29. The molecule has 0 atom stereocenters. The number of nitrogens with zero attached hydrogens (tertiary/aromatic N) is 5. The topological polar surface area (TPSA) is 75.9 Å². The highest BCUT2D eigenvalue weighted by Gasteiger charge is 2.33. The van der Waals surface area contributed by atoms with Gasteiger partial charge in [-0.15, -0.1) is 0 Å². The van der Waals surface area contributed by atoms with E-state index in [1.165, 1.54) is 0 Å². The van der Waals surface area contributed by atoms with Gasteiger partial charge in [0.1, 0.15) is 17.8 Å². The second-order valence-electron chi connectivity index (χ2n) is 6.29. The minimum absolute atomic E-state index is 0.0551. The number of likely N-dealkylation sites (tertiary alicyclic amines) is 1. The molecule has 0 spiro atoms. The molecule has 1 N–H and O–H groups in total. The normalized spacial score (nSPS) is 16.0. The summed E-state index contributed by atoms with van der Waals surface area (Å²) in [7, 11) is 1.78. The van der Waals surface area contributed by atoms with Gasteiger partial charge in [-0.2, -0.15) is 18.3 Å². The monoisotopic (exact) mass is 368 g/mol. The van der Waals surface area contributed by atoms with E-state index < -0.39 is 11.9 Å². The first-order chi connectivity index (χ1) is 12.2. The third-order valence-corrected chi connectivity index (χ3v) is 4.42. The van der Waals surface area contributed by atoms with Crippen molar-refractivity contribution in [3.63, 3.8) is 0 Å². The number of nitrogens with one attached hydrogen (secondary N) is 1. The fourth-order valence-corrected chi connectivity index (χ4v) is 2.85. The Kier molecular flexibility index (Phi) is 4.84. The standard InChI is InChI=1S/C16H19F3N6O/c1-10-7-12(23-24(10)2)15(26)25-5-3-11(4-6-25)22-14-8-13(16(17,18)19)20-9-21-14/h7-9,11H,3-6H2,1-2H3,(H,20,21,22). The van der Waals surface area contributed by atoms with E-state index in [-0.39, 0.29) is 17.8 Å². The van der Waals surface area contributed by atoms with Gasteiger partial charge in [-0.3, -0.25) is 9.48 Å². The molecule has 1 aliphatic rings. The number of anilines is 1. The lowest BCUT2D eigenvalue weighted by atomic mass is 10.0. The molecule has 10 heteroatoms. The Bertz CT molecular complexity index is 776. The molecule has 1 fully saturated rings. The molecule has 0 unspecified atom stereocenters. The number of aromatic nitrogens is 4. The summed E-state index contributed by atoms with van der Waals surface area (Å²) in [5, 5.41) is 7.19. The zero-order chi connectivity index (χ0) is 18.9. The Morgan fingerprint density at radius 2 is 1.92 bits per heavy atom. The van der Waals surface area contributed by atoms with Crippen LogP contribution in [0.5, 0.6) is 0 Å². The number of aryl methyl sites for hydroxylation is 2. The summed E-state index contributed by atoms with van der Waals surface area (Å²) in [5.41, 5.74) is 0.323. The van der Waals surface area contributed by atoms with Gasteiger partial charge in [0.15, 0.2) is 5.69 Å². The minimum Gasteiger partial charge on any atom is -0.367 e. The van der Waals surface area contributed by atoms with Gasteiger partial charge >= 0.3 is 6.18 Å². The van der Waals surface area contributed by atoms with Crippen molar-refractivity contribution in [3.8, 4) is 0 Å². The Hall–Kier alpha value is -2.65. The van der Waals surface area contributed by atoms with E-state index >= 15 is 0 Å². The van der Waals surface area contributed by atoms with Crippen LogP contribution in [0.1, 0.15) is 34.7 Å². The van der Waals surface area contributed by atoms with Crippen molar-refractivity contribution in [1.29, 1.82) is 0 Å². The van der Waals surface area contributed by atoms with Gasteiger partial charge < -0.3 is 10.2 Å². The maximum absolute atomic E-state index is 12.7. The fraction of sp³-hybridized carbons (Fsp3) is 0.500. The van der Waals surface area contributed by atoms with Crippen LogP contribution in [0.2, 0.25) is 0 Å². The number of piperidine rings is 1. The Labute approximate surface area is 148 Å². The van der Waals surface area contributed by atoms with E-state index in [4.69, 9.17) is 0 Å². The number of hydrogen-bond donors (Lipinski definition) is 1. The molecule has 26 heavy (non-hydrogen) atoms. The number of carbonyl (C=O) groups excluding carboxylic acids is 1. The predicted molar refractivity (Wildman–Crippen MR) is 87.5 cm³/mol. The van der Waals surface area contributed by atoms with Crippen LogP contribution < -0.4 is 5.32 Å². The van der Waals surface area contributed by atoms with Gasteiger partial charge in [0.05, 0.1) is 0 Å². The van der Waals surface area contributed by atoms with Crippen LogP contribution in [0.4, 0.5) is 19.0 Å². The lowest BCUT2D eigenvalue weighted by Gasteiger charge is -2.32. The lowest BCUT2D eigenvalue weighted by Crippen LogP contribution is -2.42. The Balaban J connectivity index is 1.58. The number of carbonyl (C=O) groups is 1. The van der Waals surface area contributed by atoms with Crippen LogP contribution in [0.15, 0.2) is 18.5 Å². The van der Waals surface area contributed by atoms with E-state index in [1.54, 1.807) is 22.7 Å². The van der Waals surface area contributed by atoms with E-state index in [0.29, 0.717) is 31.6 Å². The molecular weight excluding hydrogens is 349 g/mol. The number of hydrogen-bond acceptors (Lipinski definition) is 5. The number of amides is 1. The molecule has 2 aromatic heterocycles. The number of alkyl halides is 3. The van der Waals surface area contributed by atoms with Crippen LogP contribution in [-0.4, -0.2) is 49.7 Å². The first-order valence-corrected chi connectivity index (χ1v) is 8.20. The third-order valence-electron chi connectivity index (χ3n) is 4.42. The van der Waals surface area contributed by atoms with Gasteiger partial charge in [-0.1, -0.05) is 0 Å². The Morgan fingerprint density at radius 3 is 2.50 bits per heavy atom. The molecule has 0 aromatic carbocycles. The summed E-state index contributed by atoms with van der Waals surface area (Å²) < 4.78 is 39.8. The highest BCUT2D eigenvalue weighted by atomic mass is 19.4. The van der Waals surface area contributed by atoms with E-state index in [9.17, 15) is 18.0 Å². The predicted octanol–water partition coefficient (Wildman–Crippen LogP) is 2.25. The highest BCUT2D eigenvalue weighted by Crippen LogP contribution is 2.28. The third kappa shape index (κ3) is 3.94. The average molecular weight is 368 g/mol. The first kappa shape index (κ1) is 18.2. The minimum atomic E-state index is -4.50. The Morgan fingerprint density at radius 1 is 1.23 bits per heavy atom. The van der Waals surface area contributed by atoms with Crippen LogP contribution >= 0.6 is 0 Å². The summed E-state index contributed by atoms with van der Waals surface area (Å²) in [4.78, 5) is 21.3. The van der Waals surface area contributed by atoms with Gasteiger partial charge in [0.2, 0.25) is 0 Å². The molecule has 1 saturated heterocycles. The molecule has 140 valence electrons. The lowest BCUT2D eigenvalue weighted by molar-refractivity contribution is -0.141. The van der Waals surface area contributed by atoms with Crippen LogP contribution in [0.25, 0.3) is 0 Å². The van der Waals surface area contributed by atoms with Crippen molar-refractivity contribution < 1.29 is 18.0 Å². The molecule has 1 aliphatic heterocycles. The summed E-state index contributed by atoms with van der Waals surface area (Å²) in [6, 6.07) is 2.58. The van der Waals surface area contributed by atoms with Crippen molar-refractivity contribution >= 4 is 11.7 Å². The molecule has 1 amide bonds. The van der Waals surface area contributed by atoms with E-state index in [0.717, 1.165) is 18.1 Å². The molecule has 0 aliphatic carbocycles. The molecular formula is C16H19F3N6O. The van der Waals surface area contributed by atoms with Crippen molar-refractivity contribution in [3.05, 3.63) is 35.5 Å². The van der Waals surface area contributed by atoms with Crippen LogP contribution in [-0.2, 0) is 13.2 Å². The molecule has 0 bridgehead atoms. The molecule has 2 aromatic rings. The summed E-state index contributed by atoms with van der Waals surface area (Å²) >= 11 is 0. The van der Waals surface area contributed by atoms with Gasteiger partial charge in [0.25, 0.3) is 5.91 Å². The van der Waals surface area contributed by atoms with Crippen molar-refractivity contribution in [2.24, 2.45) is 7.05 Å². The average Bonchev–Trinajstić information content (AvgIpc) is 2.93. The van der Waals surface area contributed by atoms with Crippen molar-refractivity contribution in [1.82, 2.24) is 24.6 Å². The van der Waals surface area contributed by atoms with Gasteiger partial charge in [0, 0.05) is 37.9 Å². The van der Waals surface area contributed by atoms with Gasteiger partial charge in [-0.25, -0.2) is 9.97 Å². The zero-order valence-electron chi connectivity index (χ0n) is 14.4. The maximum atomic E-state index is 12.7. The van der Waals surface area contributed by atoms with Crippen LogP contribution in [0.3, 0.4) is 0 Å². The molecule has 0 radical (unpaired) electrons. The van der Waals surface area contributed by atoms with E-state index in [2.05, 4.69) is 20.4 Å². The van der Waals surface area contributed by atoms with Crippen molar-refractivity contribution in [2.75, 3.05) is 18.4 Å². The zero-order valence-corrected chi connectivity index (χ0v) is 14.4. The maximum Gasteiger partial charge on any atom is 0.433 e. The summed E-state index contributed by atoms with van der Waals surface area (Å²) in [6.07, 6.45) is -2.38. The SMILES string of the molecule is Cc1cc(C(=O)N2CCC(Nc3cc(C(F)(F)F)ncn3)CC2)nn1C. The number of rotatable bonds is 3. The van der Waals surface area contributed by atoms with E-state index in [1.807, 2.05) is 6.92 Å². The fourth-order valence-electron chi connectivity index (χ4n) is 2.85. The summed E-state index contributed by atoms with van der Waals surface area (Å²) in [6.45, 7) is 2.88. The van der Waals surface area contributed by atoms with Gasteiger partial charge in [-0.05, 0) is 25.8 Å². The molecule has 3 rings (SSSR count).